The van der Waals surface area contributed by atoms with Crippen LogP contribution in [-0.4, -0.2) is 10.2 Å². The maximum Gasteiger partial charge on any atom is 1.00 e. The van der Waals surface area contributed by atoms with Gasteiger partial charge in [-0.3, -0.25) is 0 Å². The monoisotopic (exact) mass is 148 g/mol. The summed E-state index contributed by atoms with van der Waals surface area (Å²) in [6.07, 6.45) is 6.82. The molecule has 0 saturated carbocycles. The molecule has 2 heteroatoms. The Hall–Kier alpha value is 0.697. The summed E-state index contributed by atoms with van der Waals surface area (Å²) in [5, 5.41) is 0.462. The van der Waals surface area contributed by atoms with Crippen molar-refractivity contribution >= 4 is 10.2 Å². The Kier molecular flexibility index (Phi) is 3.44. The van der Waals surface area contributed by atoms with Crippen molar-refractivity contribution in [2.75, 3.05) is 0 Å². The Morgan fingerprint density at radius 3 is 2.33 bits per heavy atom. The fourth-order valence-corrected chi connectivity index (χ4v) is 1.65. The number of rotatable bonds is 0. The van der Waals surface area contributed by atoms with Crippen LogP contribution in [0.1, 0.15) is 15.3 Å². The van der Waals surface area contributed by atoms with Gasteiger partial charge in [0.2, 0.25) is 0 Å². The standard InChI is InChI=1S/C7H12Si.Na.H/c1-6-3-4-7(2,8)5-6;;/h3-5H,1-2,8H3;;/q;+1;-1. The van der Waals surface area contributed by atoms with Gasteiger partial charge in [0.05, 0.1) is 0 Å². The van der Waals surface area contributed by atoms with E-state index in [-0.39, 0.29) is 31.0 Å². The van der Waals surface area contributed by atoms with E-state index in [0.29, 0.717) is 5.04 Å². The fraction of sp³-hybridized carbons (Fsp3) is 0.429. The van der Waals surface area contributed by atoms with Crippen LogP contribution in [-0.2, 0) is 0 Å². The average Bonchev–Trinajstić information content (AvgIpc) is 1.82. The molecule has 0 spiro atoms. The maximum atomic E-state index is 2.33. The first-order valence-electron chi connectivity index (χ1n) is 2.99. The van der Waals surface area contributed by atoms with Crippen molar-refractivity contribution < 1.29 is 31.0 Å². The zero-order chi connectivity index (χ0) is 6.20. The van der Waals surface area contributed by atoms with Crippen LogP contribution in [0.25, 0.3) is 0 Å². The Labute approximate surface area is 83.6 Å². The largest absolute Gasteiger partial charge is 1.00 e. The van der Waals surface area contributed by atoms with Gasteiger partial charge < -0.3 is 1.43 Å². The molecule has 0 heterocycles. The van der Waals surface area contributed by atoms with E-state index in [1.807, 2.05) is 0 Å². The molecule has 0 N–H and O–H groups in total. The van der Waals surface area contributed by atoms with Crippen LogP contribution in [0.2, 0.25) is 5.04 Å². The van der Waals surface area contributed by atoms with Gasteiger partial charge in [0, 0.05) is 10.2 Å². The molecule has 1 unspecified atom stereocenters. The van der Waals surface area contributed by atoms with Gasteiger partial charge in [-0.2, -0.15) is 0 Å². The van der Waals surface area contributed by atoms with E-state index < -0.39 is 0 Å². The van der Waals surface area contributed by atoms with Gasteiger partial charge in [-0.05, 0) is 12.0 Å². The third-order valence-corrected chi connectivity index (χ3v) is 2.00. The minimum atomic E-state index is 0. The average molecular weight is 148 g/mol. The van der Waals surface area contributed by atoms with E-state index in [1.54, 1.807) is 0 Å². The van der Waals surface area contributed by atoms with Crippen molar-refractivity contribution in [3.63, 3.8) is 0 Å². The second-order valence-electron chi connectivity index (χ2n) is 3.04. The van der Waals surface area contributed by atoms with Gasteiger partial charge in [-0.1, -0.05) is 30.7 Å². The van der Waals surface area contributed by atoms with Crippen LogP contribution in [0.3, 0.4) is 0 Å². The maximum absolute atomic E-state index is 2.33. The predicted molar refractivity (Wildman–Crippen MR) is 42.3 cm³/mol. The van der Waals surface area contributed by atoms with Crippen molar-refractivity contribution in [3.05, 3.63) is 23.8 Å². The summed E-state index contributed by atoms with van der Waals surface area (Å²) < 4.78 is 0. The van der Waals surface area contributed by atoms with E-state index >= 15 is 0 Å². The first-order chi connectivity index (χ1) is 3.60. The molecule has 0 saturated heterocycles. The van der Waals surface area contributed by atoms with Crippen LogP contribution in [0.15, 0.2) is 23.8 Å². The van der Waals surface area contributed by atoms with Gasteiger partial charge in [0.1, 0.15) is 0 Å². The molecule has 0 fully saturated rings. The van der Waals surface area contributed by atoms with Crippen molar-refractivity contribution in [3.8, 4) is 0 Å². The van der Waals surface area contributed by atoms with E-state index in [1.165, 1.54) is 15.8 Å². The molecular formula is C7H13NaSi. The Morgan fingerprint density at radius 1 is 1.67 bits per heavy atom. The number of hydrogen-bond donors (Lipinski definition) is 0. The second-order valence-corrected chi connectivity index (χ2v) is 5.20. The zero-order valence-electron chi connectivity index (χ0n) is 7.73. The predicted octanol–water partition coefficient (Wildman–Crippen LogP) is -1.84. The zero-order valence-corrected chi connectivity index (χ0v) is 10.7. The molecule has 1 atom stereocenters. The van der Waals surface area contributed by atoms with Crippen molar-refractivity contribution in [1.29, 1.82) is 0 Å². The molecule has 1 rings (SSSR count). The Balaban J connectivity index is 0. The fourth-order valence-electron chi connectivity index (χ4n) is 1.03. The molecule has 0 nitrogen and oxygen atoms in total. The van der Waals surface area contributed by atoms with Crippen molar-refractivity contribution in [2.45, 2.75) is 18.9 Å². The topological polar surface area (TPSA) is 0 Å². The molecule has 0 aromatic rings. The molecule has 1 aliphatic rings. The summed E-state index contributed by atoms with van der Waals surface area (Å²) >= 11 is 0. The van der Waals surface area contributed by atoms with Crippen LogP contribution < -0.4 is 29.6 Å². The number of allylic oxidation sites excluding steroid dienone is 4. The van der Waals surface area contributed by atoms with Crippen molar-refractivity contribution in [1.82, 2.24) is 0 Å². The van der Waals surface area contributed by atoms with Crippen molar-refractivity contribution in [2.24, 2.45) is 0 Å². The minimum absolute atomic E-state index is 0. The molecule has 0 aliphatic heterocycles. The molecule has 0 radical (unpaired) electrons. The van der Waals surface area contributed by atoms with E-state index in [9.17, 15) is 0 Å². The van der Waals surface area contributed by atoms with Crippen LogP contribution >= 0.6 is 0 Å². The minimum Gasteiger partial charge on any atom is -1.00 e. The second kappa shape index (κ2) is 3.20. The number of hydrogen-bond acceptors (Lipinski definition) is 0. The SMILES string of the molecule is CC1=CC(C)([SiH3])C=C1.[H-].[Na+]. The van der Waals surface area contributed by atoms with Gasteiger partial charge in [-0.25, -0.2) is 0 Å². The summed E-state index contributed by atoms with van der Waals surface area (Å²) in [6, 6.07) is 0. The summed E-state index contributed by atoms with van der Waals surface area (Å²) in [7, 11) is 1.24. The van der Waals surface area contributed by atoms with Gasteiger partial charge in [0.25, 0.3) is 0 Å². The van der Waals surface area contributed by atoms with Gasteiger partial charge in [0.15, 0.2) is 0 Å². The molecule has 0 amide bonds. The van der Waals surface area contributed by atoms with Gasteiger partial charge in [-0.15, -0.1) is 0 Å². The Bertz CT molecular complexity index is 161. The first-order valence-corrected chi connectivity index (χ1v) is 3.99. The smallest absolute Gasteiger partial charge is 1.00 e. The first kappa shape index (κ1) is 9.70. The van der Waals surface area contributed by atoms with E-state index in [2.05, 4.69) is 32.1 Å². The van der Waals surface area contributed by atoms with Crippen LogP contribution in [0.4, 0.5) is 0 Å². The summed E-state index contributed by atoms with van der Waals surface area (Å²) in [5.41, 5.74) is 1.42. The summed E-state index contributed by atoms with van der Waals surface area (Å²) in [6.45, 7) is 4.42. The molecule has 46 valence electrons. The van der Waals surface area contributed by atoms with Gasteiger partial charge >= 0.3 is 29.6 Å². The third-order valence-electron chi connectivity index (χ3n) is 1.38. The Morgan fingerprint density at radius 2 is 2.22 bits per heavy atom. The van der Waals surface area contributed by atoms with E-state index in [4.69, 9.17) is 0 Å². The molecular weight excluding hydrogens is 135 g/mol. The van der Waals surface area contributed by atoms with Crippen LogP contribution in [0.5, 0.6) is 0 Å². The molecule has 9 heavy (non-hydrogen) atoms. The molecule has 0 bridgehead atoms. The molecule has 1 aliphatic carbocycles. The quantitative estimate of drug-likeness (QED) is 0.354. The molecule has 0 aromatic carbocycles. The van der Waals surface area contributed by atoms with Crippen LogP contribution in [0, 0.1) is 0 Å². The van der Waals surface area contributed by atoms with E-state index in [0.717, 1.165) is 0 Å². The normalized spacial score (nSPS) is 32.0. The summed E-state index contributed by atoms with van der Waals surface area (Å²) in [4.78, 5) is 0. The summed E-state index contributed by atoms with van der Waals surface area (Å²) in [5.74, 6) is 0. The third kappa shape index (κ3) is 2.85. The molecule has 0 aromatic heterocycles.